The molecule has 0 aromatic heterocycles. The molecular formula is C14H22N2OS. The zero-order valence-corrected chi connectivity index (χ0v) is 11.8. The number of nitrogens with zero attached hydrogens (tertiary/aromatic N) is 1. The van der Waals surface area contributed by atoms with Gasteiger partial charge < -0.3 is 10.6 Å². The summed E-state index contributed by atoms with van der Waals surface area (Å²) < 4.78 is 0. The number of likely N-dealkylation sites (tertiary alicyclic amines) is 1. The van der Waals surface area contributed by atoms with E-state index in [9.17, 15) is 4.79 Å². The van der Waals surface area contributed by atoms with Gasteiger partial charge in [-0.25, -0.2) is 0 Å². The first-order valence-electron chi connectivity index (χ1n) is 6.23. The minimum absolute atomic E-state index is 0.107. The van der Waals surface area contributed by atoms with Crippen LogP contribution in [0.1, 0.15) is 19.8 Å². The summed E-state index contributed by atoms with van der Waals surface area (Å²) in [5.74, 6) is 1.07. The van der Waals surface area contributed by atoms with Crippen LogP contribution in [0.3, 0.4) is 0 Å². The minimum Gasteiger partial charge on any atom is -0.401 e. The van der Waals surface area contributed by atoms with Crippen molar-refractivity contribution in [3.05, 3.63) is 36.1 Å². The van der Waals surface area contributed by atoms with E-state index in [1.807, 2.05) is 17.1 Å². The number of allylic oxidation sites excluding steroid dienone is 2. The van der Waals surface area contributed by atoms with Crippen LogP contribution in [0.2, 0.25) is 0 Å². The Morgan fingerprint density at radius 2 is 2.28 bits per heavy atom. The van der Waals surface area contributed by atoms with E-state index in [4.69, 9.17) is 5.73 Å². The third-order valence-electron chi connectivity index (χ3n) is 3.22. The summed E-state index contributed by atoms with van der Waals surface area (Å²) in [4.78, 5) is 13.0. The summed E-state index contributed by atoms with van der Waals surface area (Å²) >= 11 is 4.15. The first kappa shape index (κ1) is 14.9. The Bertz CT molecular complexity index is 363. The molecule has 4 heteroatoms. The van der Waals surface area contributed by atoms with Crippen LogP contribution in [0.15, 0.2) is 36.1 Å². The second kappa shape index (κ2) is 7.31. The lowest BCUT2D eigenvalue weighted by atomic mass is 9.89. The maximum absolute atomic E-state index is 11.2. The van der Waals surface area contributed by atoms with Crippen molar-refractivity contribution in [1.82, 2.24) is 4.90 Å². The highest BCUT2D eigenvalue weighted by Gasteiger charge is 2.26. The van der Waals surface area contributed by atoms with Gasteiger partial charge in [-0.05, 0) is 30.4 Å². The van der Waals surface area contributed by atoms with Gasteiger partial charge >= 0.3 is 0 Å². The number of carbonyl (C=O) groups is 1. The molecule has 1 fully saturated rings. The Kier molecular flexibility index (Phi) is 6.05. The van der Waals surface area contributed by atoms with Crippen molar-refractivity contribution in [3.63, 3.8) is 0 Å². The van der Waals surface area contributed by atoms with Gasteiger partial charge in [-0.15, -0.1) is 0 Å². The Labute approximate surface area is 115 Å². The first-order chi connectivity index (χ1) is 8.62. The smallest absolute Gasteiger partial charge is 0.210 e. The molecule has 2 atom stereocenters. The van der Waals surface area contributed by atoms with Crippen molar-refractivity contribution in [2.24, 2.45) is 11.7 Å². The van der Waals surface area contributed by atoms with Gasteiger partial charge in [-0.2, -0.15) is 12.6 Å². The van der Waals surface area contributed by atoms with E-state index in [0.29, 0.717) is 17.4 Å². The lowest BCUT2D eigenvalue weighted by Crippen LogP contribution is -2.42. The number of piperidine rings is 1. The Morgan fingerprint density at radius 1 is 1.56 bits per heavy atom. The molecule has 0 spiro atoms. The first-order valence-corrected chi connectivity index (χ1v) is 6.86. The van der Waals surface area contributed by atoms with E-state index < -0.39 is 0 Å². The van der Waals surface area contributed by atoms with Crippen LogP contribution in [-0.4, -0.2) is 29.6 Å². The van der Waals surface area contributed by atoms with Crippen LogP contribution in [0.5, 0.6) is 0 Å². The summed E-state index contributed by atoms with van der Waals surface area (Å²) in [6, 6.07) is 0.107. The topological polar surface area (TPSA) is 46.3 Å². The van der Waals surface area contributed by atoms with Crippen LogP contribution in [0, 0.1) is 5.92 Å². The lowest BCUT2D eigenvalue weighted by Gasteiger charge is -2.37. The van der Waals surface area contributed by atoms with E-state index in [-0.39, 0.29) is 6.04 Å². The number of nitrogens with two attached hydrogens (primary N) is 1. The van der Waals surface area contributed by atoms with E-state index >= 15 is 0 Å². The predicted molar refractivity (Wildman–Crippen MR) is 79.4 cm³/mol. The summed E-state index contributed by atoms with van der Waals surface area (Å²) in [6.45, 7) is 6.69. The number of thiol groups is 1. The summed E-state index contributed by atoms with van der Waals surface area (Å²) in [6.07, 6.45) is 8.59. The zero-order chi connectivity index (χ0) is 13.5. The molecule has 0 bridgehead atoms. The van der Waals surface area contributed by atoms with Gasteiger partial charge in [0.15, 0.2) is 0 Å². The monoisotopic (exact) mass is 266 g/mol. The highest BCUT2D eigenvalue weighted by molar-refractivity contribution is 7.80. The van der Waals surface area contributed by atoms with Crippen molar-refractivity contribution in [2.75, 3.05) is 12.3 Å². The molecule has 2 N–H and O–H groups in total. The van der Waals surface area contributed by atoms with E-state index in [2.05, 4.69) is 26.1 Å². The molecule has 0 aromatic rings. The van der Waals surface area contributed by atoms with Crippen molar-refractivity contribution in [2.45, 2.75) is 25.8 Å². The molecule has 1 aliphatic heterocycles. The molecule has 100 valence electrons. The fraction of sp³-hybridized carbons (Fsp3) is 0.500. The molecule has 1 amide bonds. The van der Waals surface area contributed by atoms with Crippen LogP contribution in [-0.2, 0) is 4.79 Å². The minimum atomic E-state index is 0.107. The van der Waals surface area contributed by atoms with Crippen LogP contribution in [0.4, 0.5) is 0 Å². The van der Waals surface area contributed by atoms with Crippen LogP contribution >= 0.6 is 12.6 Å². The summed E-state index contributed by atoms with van der Waals surface area (Å²) in [7, 11) is 0. The molecule has 1 aliphatic rings. The van der Waals surface area contributed by atoms with Gasteiger partial charge in [-0.3, -0.25) is 4.79 Å². The second-order valence-electron chi connectivity index (χ2n) is 4.78. The lowest BCUT2D eigenvalue weighted by molar-refractivity contribution is -0.121. The maximum atomic E-state index is 11.2. The molecule has 1 heterocycles. The molecule has 1 saturated heterocycles. The number of hydrogen-bond donors (Lipinski definition) is 2. The third kappa shape index (κ3) is 3.95. The van der Waals surface area contributed by atoms with Crippen molar-refractivity contribution in [3.8, 4) is 0 Å². The zero-order valence-electron chi connectivity index (χ0n) is 10.9. The Morgan fingerprint density at radius 3 is 2.83 bits per heavy atom. The molecule has 0 aromatic carbocycles. The molecule has 1 rings (SSSR count). The van der Waals surface area contributed by atoms with Gasteiger partial charge in [0, 0.05) is 18.0 Å². The molecule has 1 unspecified atom stereocenters. The number of rotatable bonds is 5. The van der Waals surface area contributed by atoms with Gasteiger partial charge in [-0.1, -0.05) is 25.7 Å². The predicted octanol–water partition coefficient (Wildman–Crippen LogP) is 2.13. The van der Waals surface area contributed by atoms with Crippen LogP contribution in [0.25, 0.3) is 0 Å². The third-order valence-corrected chi connectivity index (χ3v) is 3.59. The average Bonchev–Trinajstić information content (AvgIpc) is 2.37. The highest BCUT2D eigenvalue weighted by Crippen LogP contribution is 2.26. The van der Waals surface area contributed by atoms with Gasteiger partial charge in [0.25, 0.3) is 0 Å². The Balaban J connectivity index is 2.94. The Hall–Kier alpha value is -1.16. The number of amides is 1. The maximum Gasteiger partial charge on any atom is 0.210 e. The molecule has 18 heavy (non-hydrogen) atoms. The normalized spacial score (nSPS) is 26.0. The van der Waals surface area contributed by atoms with Gasteiger partial charge in [0.05, 0.1) is 6.04 Å². The SMILES string of the molecule is C=C/C=C(\C=C(\N)CS)[C@H]1CCC(C)CN1C=O. The number of carbonyl (C=O) groups excluding carboxylic acids is 1. The largest absolute Gasteiger partial charge is 0.401 e. The summed E-state index contributed by atoms with van der Waals surface area (Å²) in [5, 5.41) is 0. The van der Waals surface area contributed by atoms with Crippen molar-refractivity contribution >= 4 is 19.0 Å². The fourth-order valence-electron chi connectivity index (χ4n) is 2.31. The summed E-state index contributed by atoms with van der Waals surface area (Å²) in [5.41, 5.74) is 7.57. The quantitative estimate of drug-likeness (QED) is 0.455. The van der Waals surface area contributed by atoms with Gasteiger partial charge in [0.1, 0.15) is 0 Å². The van der Waals surface area contributed by atoms with Gasteiger partial charge in [0.2, 0.25) is 6.41 Å². The standard InChI is InChI=1S/C14H22N2OS/c1-3-4-12(7-13(15)9-18)14-6-5-11(2)8-16(14)10-17/h3-4,7,10-11,14,18H,1,5-6,8-9,15H2,2H3/b12-4+,13-7+/t11?,14-/m1/s1. The van der Waals surface area contributed by atoms with Crippen molar-refractivity contribution < 1.29 is 4.79 Å². The molecule has 0 saturated carbocycles. The van der Waals surface area contributed by atoms with E-state index in [1.165, 1.54) is 0 Å². The molecule has 0 aliphatic carbocycles. The molecule has 0 radical (unpaired) electrons. The second-order valence-corrected chi connectivity index (χ2v) is 5.10. The van der Waals surface area contributed by atoms with E-state index in [0.717, 1.165) is 31.4 Å². The molecule has 3 nitrogen and oxygen atoms in total. The molecular weight excluding hydrogens is 244 g/mol. The van der Waals surface area contributed by atoms with Crippen LogP contribution < -0.4 is 5.73 Å². The van der Waals surface area contributed by atoms with Crippen molar-refractivity contribution in [1.29, 1.82) is 0 Å². The highest BCUT2D eigenvalue weighted by atomic mass is 32.1. The fourth-order valence-corrected chi connectivity index (χ4v) is 2.40. The van der Waals surface area contributed by atoms with E-state index in [1.54, 1.807) is 6.08 Å². The average molecular weight is 266 g/mol. The number of hydrogen-bond acceptors (Lipinski definition) is 3.